The van der Waals surface area contributed by atoms with Crippen LogP contribution in [0, 0.1) is 0 Å². The minimum absolute atomic E-state index is 0.957. The van der Waals surface area contributed by atoms with Gasteiger partial charge < -0.3 is 14.9 Å². The van der Waals surface area contributed by atoms with Gasteiger partial charge in [-0.15, -0.1) is 0 Å². The lowest BCUT2D eigenvalue weighted by atomic mass is 9.99. The average molecular weight is 343 g/mol. The minimum Gasteiger partial charge on any atom is -0.496 e. The average Bonchev–Trinajstić information content (AvgIpc) is 2.62. The molecule has 1 aliphatic heterocycles. The molecule has 0 radical (unpaired) electrons. The number of hydrogen-bond donors (Lipinski definition) is 2. The number of nitrogens with zero attached hydrogens (tertiary/aromatic N) is 1. The van der Waals surface area contributed by atoms with Crippen LogP contribution in [0.1, 0.15) is 16.7 Å². The Kier molecular flexibility index (Phi) is 6.54. The van der Waals surface area contributed by atoms with Crippen molar-refractivity contribution in [3.63, 3.8) is 0 Å². The molecule has 0 saturated carbocycles. The van der Waals surface area contributed by atoms with E-state index in [4.69, 9.17) is 24.5 Å². The van der Waals surface area contributed by atoms with Gasteiger partial charge >= 0.3 is 11.9 Å². The summed E-state index contributed by atoms with van der Waals surface area (Å²) < 4.78 is 5.43. The number of carbonyl (C=O) groups is 2. The van der Waals surface area contributed by atoms with E-state index < -0.39 is 11.9 Å². The molecule has 1 aliphatic rings. The molecular weight excluding hydrogens is 322 g/mol. The number of fused-ring (bicyclic) bond motifs is 1. The van der Waals surface area contributed by atoms with Gasteiger partial charge in [-0.2, -0.15) is 0 Å². The number of hydrogen-bond acceptors (Lipinski definition) is 4. The van der Waals surface area contributed by atoms with Gasteiger partial charge in [0, 0.05) is 25.2 Å². The molecule has 25 heavy (non-hydrogen) atoms. The summed E-state index contributed by atoms with van der Waals surface area (Å²) in [6.45, 7) is 3.11. The monoisotopic (exact) mass is 343 g/mol. The van der Waals surface area contributed by atoms with Gasteiger partial charge in [-0.05, 0) is 23.6 Å². The lowest BCUT2D eigenvalue weighted by Crippen LogP contribution is -2.30. The van der Waals surface area contributed by atoms with Crippen LogP contribution in [0.2, 0.25) is 0 Å². The molecule has 6 heteroatoms. The van der Waals surface area contributed by atoms with Gasteiger partial charge in [0.2, 0.25) is 0 Å². The number of carboxylic acids is 2. The summed E-state index contributed by atoms with van der Waals surface area (Å²) in [5, 5.41) is 14.8. The predicted octanol–water partition coefficient (Wildman–Crippen LogP) is 2.41. The summed E-state index contributed by atoms with van der Waals surface area (Å²) in [6.07, 6.45) is 1.14. The van der Waals surface area contributed by atoms with Gasteiger partial charge in [-0.3, -0.25) is 4.90 Å². The van der Waals surface area contributed by atoms with Crippen molar-refractivity contribution in [2.24, 2.45) is 0 Å². The number of benzene rings is 2. The summed E-state index contributed by atoms with van der Waals surface area (Å²) in [7, 11) is 1.74. The van der Waals surface area contributed by atoms with Gasteiger partial charge in [-0.1, -0.05) is 42.5 Å². The fourth-order valence-electron chi connectivity index (χ4n) is 2.76. The number of ether oxygens (including phenoxy) is 1. The molecular formula is C19H21NO5. The molecule has 0 atom stereocenters. The number of methoxy groups -OCH3 is 1. The highest BCUT2D eigenvalue weighted by Gasteiger charge is 2.16. The zero-order valence-corrected chi connectivity index (χ0v) is 14.0. The van der Waals surface area contributed by atoms with Gasteiger partial charge in [0.15, 0.2) is 0 Å². The highest BCUT2D eigenvalue weighted by molar-refractivity contribution is 6.27. The first-order chi connectivity index (χ1) is 12.0. The molecule has 0 aromatic heterocycles. The Hall–Kier alpha value is -2.86. The molecule has 0 bridgehead atoms. The molecule has 0 aliphatic carbocycles. The molecule has 6 nitrogen and oxygen atoms in total. The number of para-hydroxylation sites is 1. The van der Waals surface area contributed by atoms with Crippen LogP contribution in [0.3, 0.4) is 0 Å². The minimum atomic E-state index is -1.82. The molecule has 0 fully saturated rings. The molecule has 0 spiro atoms. The number of rotatable bonds is 3. The Morgan fingerprint density at radius 1 is 1.00 bits per heavy atom. The molecule has 1 heterocycles. The standard InChI is InChI=1S/C17H19NO.C2H2O4/c1-19-17-9-5-4-8-16(17)13-18-11-10-14-6-2-3-7-15(14)12-18;3-1(4)2(5)6/h2-9H,10-13H2,1H3;(H,3,4)(H,5,6). The third-order valence-corrected chi connectivity index (χ3v) is 3.98. The van der Waals surface area contributed by atoms with Crippen LogP contribution in [-0.4, -0.2) is 40.7 Å². The lowest BCUT2D eigenvalue weighted by molar-refractivity contribution is -0.159. The molecule has 3 rings (SSSR count). The summed E-state index contributed by atoms with van der Waals surface area (Å²) >= 11 is 0. The van der Waals surface area contributed by atoms with Crippen LogP contribution in [0.5, 0.6) is 5.75 Å². The first-order valence-electron chi connectivity index (χ1n) is 7.88. The second kappa shape index (κ2) is 8.84. The van der Waals surface area contributed by atoms with Crippen molar-refractivity contribution in [3.8, 4) is 5.75 Å². The SMILES string of the molecule is COc1ccccc1CN1CCc2ccccc2C1.O=C(O)C(=O)O. The predicted molar refractivity (Wildman–Crippen MR) is 92.5 cm³/mol. The third kappa shape index (κ3) is 5.32. The molecule has 2 N–H and O–H groups in total. The van der Waals surface area contributed by atoms with E-state index >= 15 is 0 Å². The van der Waals surface area contributed by atoms with Crippen LogP contribution in [0.4, 0.5) is 0 Å². The first kappa shape index (κ1) is 18.5. The van der Waals surface area contributed by atoms with Crippen LogP contribution in [-0.2, 0) is 29.1 Å². The van der Waals surface area contributed by atoms with Crippen LogP contribution < -0.4 is 4.74 Å². The zero-order chi connectivity index (χ0) is 18.2. The van der Waals surface area contributed by atoms with Gasteiger partial charge in [0.1, 0.15) is 5.75 Å². The summed E-state index contributed by atoms with van der Waals surface area (Å²) in [5.41, 5.74) is 4.23. The maximum absolute atomic E-state index is 9.10. The Labute approximate surface area is 146 Å². The summed E-state index contributed by atoms with van der Waals surface area (Å²) in [5.74, 6) is -2.66. The van der Waals surface area contributed by atoms with Crippen molar-refractivity contribution >= 4 is 11.9 Å². The van der Waals surface area contributed by atoms with Crippen LogP contribution in [0.25, 0.3) is 0 Å². The maximum Gasteiger partial charge on any atom is 0.414 e. The fraction of sp³-hybridized carbons (Fsp3) is 0.263. The van der Waals surface area contributed by atoms with E-state index in [2.05, 4.69) is 41.3 Å². The summed E-state index contributed by atoms with van der Waals surface area (Å²) in [4.78, 5) is 20.7. The molecule has 2 aromatic carbocycles. The van der Waals surface area contributed by atoms with Crippen molar-refractivity contribution in [3.05, 3.63) is 65.2 Å². The van der Waals surface area contributed by atoms with E-state index in [1.165, 1.54) is 16.7 Å². The molecule has 0 amide bonds. The smallest absolute Gasteiger partial charge is 0.414 e. The van der Waals surface area contributed by atoms with Gasteiger partial charge in [-0.25, -0.2) is 9.59 Å². The van der Waals surface area contributed by atoms with Crippen LogP contribution in [0.15, 0.2) is 48.5 Å². The van der Waals surface area contributed by atoms with E-state index in [0.29, 0.717) is 0 Å². The maximum atomic E-state index is 9.10. The normalized spacial score (nSPS) is 13.2. The zero-order valence-electron chi connectivity index (χ0n) is 14.0. The van der Waals surface area contributed by atoms with Crippen molar-refractivity contribution in [1.29, 1.82) is 0 Å². The molecule has 0 saturated heterocycles. The van der Waals surface area contributed by atoms with E-state index in [1.54, 1.807) is 7.11 Å². The second-order valence-corrected chi connectivity index (χ2v) is 5.65. The van der Waals surface area contributed by atoms with Crippen molar-refractivity contribution in [1.82, 2.24) is 4.90 Å². The molecule has 132 valence electrons. The Morgan fingerprint density at radius 2 is 1.60 bits per heavy atom. The topological polar surface area (TPSA) is 87.1 Å². The highest BCUT2D eigenvalue weighted by atomic mass is 16.5. The Bertz CT molecular complexity index is 732. The Balaban J connectivity index is 0.000000326. The lowest BCUT2D eigenvalue weighted by Gasteiger charge is -2.29. The second-order valence-electron chi connectivity index (χ2n) is 5.65. The first-order valence-corrected chi connectivity index (χ1v) is 7.88. The summed E-state index contributed by atoms with van der Waals surface area (Å²) in [6, 6.07) is 17.0. The van der Waals surface area contributed by atoms with Crippen molar-refractivity contribution in [2.45, 2.75) is 19.5 Å². The van der Waals surface area contributed by atoms with E-state index in [1.807, 2.05) is 12.1 Å². The quantitative estimate of drug-likeness (QED) is 0.832. The van der Waals surface area contributed by atoms with Gasteiger partial charge in [0.25, 0.3) is 0 Å². The van der Waals surface area contributed by atoms with Crippen LogP contribution >= 0.6 is 0 Å². The van der Waals surface area contributed by atoms with Gasteiger partial charge in [0.05, 0.1) is 7.11 Å². The largest absolute Gasteiger partial charge is 0.496 e. The highest BCUT2D eigenvalue weighted by Crippen LogP contribution is 2.24. The van der Waals surface area contributed by atoms with E-state index in [9.17, 15) is 0 Å². The molecule has 2 aromatic rings. The molecule has 0 unspecified atom stereocenters. The number of aliphatic carboxylic acids is 2. The van der Waals surface area contributed by atoms with Crippen molar-refractivity contribution in [2.75, 3.05) is 13.7 Å². The van der Waals surface area contributed by atoms with E-state index in [-0.39, 0.29) is 0 Å². The van der Waals surface area contributed by atoms with Crippen molar-refractivity contribution < 1.29 is 24.5 Å². The Morgan fingerprint density at radius 3 is 2.24 bits per heavy atom. The third-order valence-electron chi connectivity index (χ3n) is 3.98. The number of carboxylic acid groups (broad SMARTS) is 2. The van der Waals surface area contributed by atoms with E-state index in [0.717, 1.165) is 31.8 Å². The fourth-order valence-corrected chi connectivity index (χ4v) is 2.76.